The zero-order valence-electron chi connectivity index (χ0n) is 8.16. The lowest BCUT2D eigenvalue weighted by molar-refractivity contribution is -0.110. The molecule has 0 heterocycles. The van der Waals surface area contributed by atoms with Crippen LogP contribution in [-0.4, -0.2) is 17.0 Å². The average Bonchev–Trinajstić information content (AvgIpc) is 2.02. The van der Waals surface area contributed by atoms with Crippen molar-refractivity contribution in [1.29, 1.82) is 0 Å². The third kappa shape index (κ3) is 3.15. The van der Waals surface area contributed by atoms with Gasteiger partial charge in [0.25, 0.3) is 0 Å². The van der Waals surface area contributed by atoms with E-state index in [0.29, 0.717) is 0 Å². The molecule has 0 radical (unpaired) electrons. The highest BCUT2D eigenvalue weighted by atomic mass is 16.3. The Labute approximate surface area is 79.0 Å². The third-order valence-electron chi connectivity index (χ3n) is 2.07. The SMILES string of the molecule is CC(C)(O)/C=C1\C=CCC[C@H]1C=O. The van der Waals surface area contributed by atoms with Gasteiger partial charge < -0.3 is 9.90 Å². The Balaban J connectivity index is 2.87. The van der Waals surface area contributed by atoms with Crippen LogP contribution in [0, 0.1) is 5.92 Å². The number of aliphatic hydroxyl groups is 1. The van der Waals surface area contributed by atoms with Gasteiger partial charge in [0.05, 0.1) is 5.60 Å². The summed E-state index contributed by atoms with van der Waals surface area (Å²) in [6.45, 7) is 3.43. The number of carbonyl (C=O) groups is 1. The second-order valence-corrected chi connectivity index (χ2v) is 4.02. The first-order valence-electron chi connectivity index (χ1n) is 4.60. The minimum Gasteiger partial charge on any atom is -0.386 e. The van der Waals surface area contributed by atoms with Crippen molar-refractivity contribution in [1.82, 2.24) is 0 Å². The maximum Gasteiger partial charge on any atom is 0.127 e. The topological polar surface area (TPSA) is 37.3 Å². The van der Waals surface area contributed by atoms with Crippen LogP contribution in [-0.2, 0) is 4.79 Å². The third-order valence-corrected chi connectivity index (χ3v) is 2.07. The van der Waals surface area contributed by atoms with Crippen molar-refractivity contribution in [3.8, 4) is 0 Å². The summed E-state index contributed by atoms with van der Waals surface area (Å²) in [5.74, 6) is -0.0311. The Morgan fingerprint density at radius 3 is 2.85 bits per heavy atom. The van der Waals surface area contributed by atoms with Crippen LogP contribution in [0.4, 0.5) is 0 Å². The first-order chi connectivity index (χ1) is 6.03. The molecule has 1 atom stereocenters. The second-order valence-electron chi connectivity index (χ2n) is 4.02. The fourth-order valence-corrected chi connectivity index (χ4v) is 1.50. The van der Waals surface area contributed by atoms with Crippen LogP contribution in [0.15, 0.2) is 23.8 Å². The van der Waals surface area contributed by atoms with E-state index < -0.39 is 5.60 Å². The summed E-state index contributed by atoms with van der Waals surface area (Å²) >= 11 is 0. The lowest BCUT2D eigenvalue weighted by Crippen LogP contribution is -2.18. The van der Waals surface area contributed by atoms with Gasteiger partial charge in [0.2, 0.25) is 0 Å². The van der Waals surface area contributed by atoms with E-state index in [1.165, 1.54) is 0 Å². The monoisotopic (exact) mass is 180 g/mol. The van der Waals surface area contributed by atoms with Crippen LogP contribution in [0.25, 0.3) is 0 Å². The molecule has 0 bridgehead atoms. The standard InChI is InChI=1S/C11H16O2/c1-11(2,13)7-9-5-3-4-6-10(9)8-12/h3,5,7-8,10,13H,4,6H2,1-2H3/b9-7+/t10-/m0/s1. The Morgan fingerprint density at radius 2 is 2.31 bits per heavy atom. The zero-order chi connectivity index (χ0) is 9.90. The molecule has 0 aromatic heterocycles. The molecule has 0 saturated heterocycles. The van der Waals surface area contributed by atoms with Gasteiger partial charge >= 0.3 is 0 Å². The molecule has 0 spiro atoms. The van der Waals surface area contributed by atoms with E-state index in [4.69, 9.17) is 0 Å². The first-order valence-corrected chi connectivity index (χ1v) is 4.60. The summed E-state index contributed by atoms with van der Waals surface area (Å²) < 4.78 is 0. The van der Waals surface area contributed by atoms with Crippen molar-refractivity contribution in [2.45, 2.75) is 32.3 Å². The van der Waals surface area contributed by atoms with E-state index >= 15 is 0 Å². The summed E-state index contributed by atoms with van der Waals surface area (Å²) in [6.07, 6.45) is 8.50. The van der Waals surface area contributed by atoms with E-state index in [1.807, 2.05) is 12.2 Å². The molecule has 1 N–H and O–H groups in total. The van der Waals surface area contributed by atoms with Gasteiger partial charge in [0.1, 0.15) is 6.29 Å². The molecule has 0 saturated carbocycles. The van der Waals surface area contributed by atoms with E-state index in [-0.39, 0.29) is 5.92 Å². The minimum absolute atomic E-state index is 0.0311. The van der Waals surface area contributed by atoms with Crippen LogP contribution in [0.1, 0.15) is 26.7 Å². The molecule has 72 valence electrons. The molecule has 1 aliphatic rings. The molecule has 0 aromatic rings. The van der Waals surface area contributed by atoms with Crippen molar-refractivity contribution in [2.75, 3.05) is 0 Å². The lowest BCUT2D eigenvalue weighted by Gasteiger charge is -2.19. The Kier molecular flexibility index (Phi) is 3.04. The highest BCUT2D eigenvalue weighted by Crippen LogP contribution is 2.24. The van der Waals surface area contributed by atoms with Crippen LogP contribution in [0.3, 0.4) is 0 Å². The number of aldehydes is 1. The molecule has 0 aromatic carbocycles. The number of hydrogen-bond donors (Lipinski definition) is 1. The van der Waals surface area contributed by atoms with Crippen molar-refractivity contribution >= 4 is 6.29 Å². The normalized spacial score (nSPS) is 26.4. The van der Waals surface area contributed by atoms with Crippen molar-refractivity contribution in [3.63, 3.8) is 0 Å². The highest BCUT2D eigenvalue weighted by molar-refractivity contribution is 5.61. The van der Waals surface area contributed by atoms with Gasteiger partial charge in [-0.2, -0.15) is 0 Å². The fourth-order valence-electron chi connectivity index (χ4n) is 1.50. The van der Waals surface area contributed by atoms with Gasteiger partial charge in [-0.25, -0.2) is 0 Å². The molecule has 0 aliphatic heterocycles. The van der Waals surface area contributed by atoms with Gasteiger partial charge in [-0.3, -0.25) is 0 Å². The smallest absolute Gasteiger partial charge is 0.127 e. The lowest BCUT2D eigenvalue weighted by atomic mass is 9.88. The molecular formula is C11H16O2. The summed E-state index contributed by atoms with van der Waals surface area (Å²) in [4.78, 5) is 10.7. The fraction of sp³-hybridized carbons (Fsp3) is 0.545. The van der Waals surface area contributed by atoms with Gasteiger partial charge in [-0.15, -0.1) is 0 Å². The van der Waals surface area contributed by atoms with Crippen molar-refractivity contribution in [2.24, 2.45) is 5.92 Å². The largest absolute Gasteiger partial charge is 0.386 e. The number of rotatable bonds is 2. The first kappa shape index (κ1) is 10.2. The van der Waals surface area contributed by atoms with E-state index in [0.717, 1.165) is 24.7 Å². The van der Waals surface area contributed by atoms with E-state index in [2.05, 4.69) is 0 Å². The summed E-state index contributed by atoms with van der Waals surface area (Å²) in [5, 5.41) is 9.56. The van der Waals surface area contributed by atoms with Crippen LogP contribution in [0.5, 0.6) is 0 Å². The quantitative estimate of drug-likeness (QED) is 0.658. The number of allylic oxidation sites excluding steroid dienone is 3. The van der Waals surface area contributed by atoms with Crippen LogP contribution < -0.4 is 0 Å². The van der Waals surface area contributed by atoms with Gasteiger partial charge in [0.15, 0.2) is 0 Å². The van der Waals surface area contributed by atoms with Crippen LogP contribution in [0.2, 0.25) is 0 Å². The Hall–Kier alpha value is -0.890. The predicted octanol–water partition coefficient (Wildman–Crippen LogP) is 1.85. The zero-order valence-corrected chi connectivity index (χ0v) is 8.16. The Morgan fingerprint density at radius 1 is 1.62 bits per heavy atom. The van der Waals surface area contributed by atoms with E-state index in [9.17, 15) is 9.90 Å². The van der Waals surface area contributed by atoms with Crippen molar-refractivity contribution < 1.29 is 9.90 Å². The maximum absolute atomic E-state index is 10.7. The summed E-state index contributed by atoms with van der Waals surface area (Å²) in [5.41, 5.74) is 0.104. The number of carbonyl (C=O) groups excluding carboxylic acids is 1. The summed E-state index contributed by atoms with van der Waals surface area (Å²) in [7, 11) is 0. The number of hydrogen-bond acceptors (Lipinski definition) is 2. The molecule has 13 heavy (non-hydrogen) atoms. The molecule has 2 nitrogen and oxygen atoms in total. The summed E-state index contributed by atoms with van der Waals surface area (Å²) in [6, 6.07) is 0. The van der Waals surface area contributed by atoms with Gasteiger partial charge in [0, 0.05) is 5.92 Å². The second kappa shape index (κ2) is 3.88. The molecule has 2 heteroatoms. The van der Waals surface area contributed by atoms with E-state index in [1.54, 1.807) is 19.9 Å². The minimum atomic E-state index is -0.835. The highest BCUT2D eigenvalue weighted by Gasteiger charge is 2.17. The predicted molar refractivity (Wildman–Crippen MR) is 52.3 cm³/mol. The molecule has 0 amide bonds. The Bertz CT molecular complexity index is 243. The molecule has 0 fully saturated rings. The maximum atomic E-state index is 10.7. The average molecular weight is 180 g/mol. The molecule has 1 aliphatic carbocycles. The molecular weight excluding hydrogens is 164 g/mol. The van der Waals surface area contributed by atoms with Crippen molar-refractivity contribution in [3.05, 3.63) is 23.8 Å². The molecule has 1 rings (SSSR count). The molecule has 0 unspecified atom stereocenters. The van der Waals surface area contributed by atoms with Crippen LogP contribution >= 0.6 is 0 Å². The van der Waals surface area contributed by atoms with Gasteiger partial charge in [-0.1, -0.05) is 12.2 Å². The van der Waals surface area contributed by atoms with Gasteiger partial charge in [-0.05, 0) is 38.3 Å².